The first-order valence-electron chi connectivity index (χ1n) is 9.74. The number of carbonyl (C=O) groups excluding carboxylic acids is 2. The SMILES string of the molecule is COCC(NC(=O)C(F)(F)CNC(=O)OCC1c2ccccc2-c2ccccc21)C(=O)O. The van der Waals surface area contributed by atoms with Crippen LogP contribution < -0.4 is 10.6 Å². The number of amides is 2. The van der Waals surface area contributed by atoms with Gasteiger partial charge in [-0.3, -0.25) is 4.79 Å². The Hall–Kier alpha value is -3.53. The fraction of sp³-hybridized carbons (Fsp3) is 0.318. The maximum atomic E-state index is 14.1. The molecule has 0 spiro atoms. The van der Waals surface area contributed by atoms with Crippen LogP contribution in [0.5, 0.6) is 0 Å². The molecule has 3 N–H and O–H groups in total. The summed E-state index contributed by atoms with van der Waals surface area (Å²) in [4.78, 5) is 34.7. The Morgan fingerprint density at radius 1 is 1.06 bits per heavy atom. The van der Waals surface area contributed by atoms with E-state index in [1.165, 1.54) is 7.11 Å². The van der Waals surface area contributed by atoms with Crippen molar-refractivity contribution in [3.8, 4) is 11.1 Å². The van der Waals surface area contributed by atoms with Crippen molar-refractivity contribution in [2.75, 3.05) is 26.9 Å². The third-order valence-corrected chi connectivity index (χ3v) is 5.07. The van der Waals surface area contributed by atoms with Gasteiger partial charge >= 0.3 is 18.0 Å². The van der Waals surface area contributed by atoms with Gasteiger partial charge in [0.15, 0.2) is 6.04 Å². The predicted molar refractivity (Wildman–Crippen MR) is 109 cm³/mol. The van der Waals surface area contributed by atoms with Crippen molar-refractivity contribution in [2.45, 2.75) is 17.9 Å². The van der Waals surface area contributed by atoms with Gasteiger partial charge in [-0.1, -0.05) is 48.5 Å². The molecule has 8 nitrogen and oxygen atoms in total. The molecule has 170 valence electrons. The summed E-state index contributed by atoms with van der Waals surface area (Å²) >= 11 is 0. The first-order valence-corrected chi connectivity index (χ1v) is 9.74. The number of carboxylic acid groups (broad SMARTS) is 1. The van der Waals surface area contributed by atoms with Crippen LogP contribution in [0.1, 0.15) is 17.0 Å². The quantitative estimate of drug-likeness (QED) is 0.543. The summed E-state index contributed by atoms with van der Waals surface area (Å²) in [6.45, 7) is -1.92. The Balaban J connectivity index is 1.56. The molecule has 2 aromatic rings. The summed E-state index contributed by atoms with van der Waals surface area (Å²) in [5, 5.41) is 12.5. The molecule has 0 fully saturated rings. The molecule has 1 atom stereocenters. The summed E-state index contributed by atoms with van der Waals surface area (Å²) in [6.07, 6.45) is -1.12. The lowest BCUT2D eigenvalue weighted by atomic mass is 9.98. The highest BCUT2D eigenvalue weighted by molar-refractivity contribution is 5.88. The average molecular weight is 448 g/mol. The summed E-state index contributed by atoms with van der Waals surface area (Å²) in [5.74, 6) is -7.67. The predicted octanol–water partition coefficient (Wildman–Crippen LogP) is 2.38. The number of nitrogens with one attached hydrogen (secondary N) is 2. The summed E-state index contributed by atoms with van der Waals surface area (Å²) in [7, 11) is 1.17. The normalized spacial score (nSPS) is 13.6. The molecule has 0 saturated carbocycles. The van der Waals surface area contributed by atoms with Gasteiger partial charge in [-0.25, -0.2) is 9.59 Å². The minimum absolute atomic E-state index is 0.0768. The van der Waals surface area contributed by atoms with Crippen LogP contribution in [0.2, 0.25) is 0 Å². The molecule has 1 aliphatic carbocycles. The highest BCUT2D eigenvalue weighted by Crippen LogP contribution is 2.44. The van der Waals surface area contributed by atoms with E-state index in [0.717, 1.165) is 22.3 Å². The van der Waals surface area contributed by atoms with E-state index in [0.29, 0.717) is 0 Å². The second-order valence-electron chi connectivity index (χ2n) is 7.20. The lowest BCUT2D eigenvalue weighted by Gasteiger charge is -2.20. The average Bonchev–Trinajstić information content (AvgIpc) is 3.09. The van der Waals surface area contributed by atoms with E-state index in [4.69, 9.17) is 9.84 Å². The zero-order valence-electron chi connectivity index (χ0n) is 17.1. The number of benzene rings is 2. The summed E-state index contributed by atoms with van der Waals surface area (Å²) < 4.78 is 37.8. The summed E-state index contributed by atoms with van der Waals surface area (Å²) in [6, 6.07) is 13.6. The number of alkyl halides is 2. The zero-order chi connectivity index (χ0) is 23.3. The summed E-state index contributed by atoms with van der Waals surface area (Å²) in [5.41, 5.74) is 3.96. The number of ether oxygens (including phenoxy) is 2. The van der Waals surface area contributed by atoms with Gasteiger partial charge in [0.2, 0.25) is 0 Å². The Morgan fingerprint density at radius 3 is 2.16 bits per heavy atom. The molecular formula is C22H22F2N2O6. The van der Waals surface area contributed by atoms with Crippen LogP contribution in [0.4, 0.5) is 13.6 Å². The van der Waals surface area contributed by atoms with E-state index in [9.17, 15) is 23.2 Å². The molecule has 1 unspecified atom stereocenters. The number of hydrogen-bond donors (Lipinski definition) is 3. The van der Waals surface area contributed by atoms with E-state index in [1.54, 1.807) is 5.32 Å². The molecule has 1 aliphatic rings. The highest BCUT2D eigenvalue weighted by atomic mass is 19.3. The number of aliphatic carboxylic acids is 1. The fourth-order valence-corrected chi connectivity index (χ4v) is 3.52. The lowest BCUT2D eigenvalue weighted by molar-refractivity contribution is -0.151. The van der Waals surface area contributed by atoms with E-state index >= 15 is 0 Å². The maximum Gasteiger partial charge on any atom is 0.407 e. The van der Waals surface area contributed by atoms with Crippen LogP contribution in [-0.4, -0.2) is 61.9 Å². The molecule has 2 amide bonds. The van der Waals surface area contributed by atoms with Crippen LogP contribution in [0.25, 0.3) is 11.1 Å². The van der Waals surface area contributed by atoms with Gasteiger partial charge in [0.25, 0.3) is 5.91 Å². The van der Waals surface area contributed by atoms with E-state index in [1.807, 2.05) is 53.8 Å². The molecule has 0 aromatic heterocycles. The standard InChI is InChI=1S/C22H22F2N2O6/c1-31-11-18(19(27)28)26-20(29)22(23,24)12-25-21(30)32-10-17-15-8-4-2-6-13(15)14-7-3-5-9-16(14)17/h2-9,17-18H,10-12H2,1H3,(H,25,30)(H,26,29)(H,27,28). The Kier molecular flexibility index (Phi) is 7.04. The number of methoxy groups -OCH3 is 1. The number of carboxylic acids is 1. The smallest absolute Gasteiger partial charge is 0.407 e. The molecule has 3 rings (SSSR count). The third kappa shape index (κ3) is 5.02. The molecular weight excluding hydrogens is 426 g/mol. The van der Waals surface area contributed by atoms with Crippen molar-refractivity contribution in [2.24, 2.45) is 0 Å². The lowest BCUT2D eigenvalue weighted by Crippen LogP contribution is -2.54. The topological polar surface area (TPSA) is 114 Å². The van der Waals surface area contributed by atoms with Gasteiger partial charge in [-0.05, 0) is 22.3 Å². The third-order valence-electron chi connectivity index (χ3n) is 5.07. The molecule has 10 heteroatoms. The number of carbonyl (C=O) groups is 3. The number of rotatable bonds is 9. The monoisotopic (exact) mass is 448 g/mol. The second-order valence-corrected chi connectivity index (χ2v) is 7.20. The molecule has 0 aliphatic heterocycles. The molecule has 32 heavy (non-hydrogen) atoms. The van der Waals surface area contributed by atoms with Crippen molar-refractivity contribution >= 4 is 18.0 Å². The Morgan fingerprint density at radius 2 is 1.62 bits per heavy atom. The molecule has 0 saturated heterocycles. The van der Waals surface area contributed by atoms with Crippen LogP contribution in [0.15, 0.2) is 48.5 Å². The molecule has 0 radical (unpaired) electrons. The van der Waals surface area contributed by atoms with Gasteiger partial charge in [0.05, 0.1) is 13.2 Å². The van der Waals surface area contributed by atoms with Crippen LogP contribution in [0.3, 0.4) is 0 Å². The Labute approximate surface area is 182 Å². The van der Waals surface area contributed by atoms with Gasteiger partial charge < -0.3 is 25.2 Å². The largest absolute Gasteiger partial charge is 0.480 e. The van der Waals surface area contributed by atoms with Crippen molar-refractivity contribution in [1.82, 2.24) is 10.6 Å². The van der Waals surface area contributed by atoms with E-state index < -0.39 is 43.1 Å². The minimum atomic E-state index is -4.05. The van der Waals surface area contributed by atoms with Crippen LogP contribution in [0, 0.1) is 0 Å². The van der Waals surface area contributed by atoms with Gasteiger partial charge in [-0.15, -0.1) is 0 Å². The molecule has 0 heterocycles. The number of alkyl carbamates (subject to hydrolysis) is 1. The highest BCUT2D eigenvalue weighted by Gasteiger charge is 2.41. The van der Waals surface area contributed by atoms with Crippen LogP contribution >= 0.6 is 0 Å². The first kappa shape index (κ1) is 23.1. The van der Waals surface area contributed by atoms with Gasteiger partial charge in [0, 0.05) is 13.0 Å². The van der Waals surface area contributed by atoms with Crippen molar-refractivity contribution in [3.63, 3.8) is 0 Å². The number of hydrogen-bond acceptors (Lipinski definition) is 5. The maximum absolute atomic E-state index is 14.1. The minimum Gasteiger partial charge on any atom is -0.480 e. The molecule has 0 bridgehead atoms. The van der Waals surface area contributed by atoms with Crippen molar-refractivity contribution < 1.29 is 37.7 Å². The first-order chi connectivity index (χ1) is 15.2. The number of halogens is 2. The van der Waals surface area contributed by atoms with Gasteiger partial charge in [0.1, 0.15) is 6.61 Å². The van der Waals surface area contributed by atoms with E-state index in [-0.39, 0.29) is 12.5 Å². The fourth-order valence-electron chi connectivity index (χ4n) is 3.52. The molecule has 2 aromatic carbocycles. The second kappa shape index (κ2) is 9.73. The van der Waals surface area contributed by atoms with Gasteiger partial charge in [-0.2, -0.15) is 8.78 Å². The van der Waals surface area contributed by atoms with Crippen molar-refractivity contribution in [1.29, 1.82) is 0 Å². The van der Waals surface area contributed by atoms with Crippen LogP contribution in [-0.2, 0) is 19.1 Å². The van der Waals surface area contributed by atoms with E-state index in [2.05, 4.69) is 4.74 Å². The van der Waals surface area contributed by atoms with Crippen molar-refractivity contribution in [3.05, 3.63) is 59.7 Å². The Bertz CT molecular complexity index is 968. The number of fused-ring (bicyclic) bond motifs is 3. The zero-order valence-corrected chi connectivity index (χ0v) is 17.1.